The summed E-state index contributed by atoms with van der Waals surface area (Å²) < 4.78 is 17.3. The second-order valence-electron chi connectivity index (χ2n) is 7.44. The van der Waals surface area contributed by atoms with Crippen LogP contribution in [-0.4, -0.2) is 71.2 Å². The van der Waals surface area contributed by atoms with Crippen LogP contribution in [0.4, 0.5) is 5.82 Å². The molecule has 0 bridgehead atoms. The van der Waals surface area contributed by atoms with Gasteiger partial charge in [-0.25, -0.2) is 19.4 Å². The van der Waals surface area contributed by atoms with Crippen LogP contribution in [0.15, 0.2) is 48.9 Å². The molecule has 10 nitrogen and oxygen atoms in total. The Morgan fingerprint density at radius 2 is 1.91 bits per heavy atom. The van der Waals surface area contributed by atoms with E-state index in [-0.39, 0.29) is 0 Å². The number of anilines is 1. The summed E-state index contributed by atoms with van der Waals surface area (Å²) in [6.45, 7) is 2.56. The summed E-state index contributed by atoms with van der Waals surface area (Å²) in [4.78, 5) is 28.1. The van der Waals surface area contributed by atoms with Crippen LogP contribution in [0.2, 0.25) is 0 Å². The molecule has 0 atom stereocenters. The number of benzene rings is 1. The molecule has 1 aromatic carbocycles. The van der Waals surface area contributed by atoms with Gasteiger partial charge in [0.2, 0.25) is 0 Å². The number of morpholine rings is 1. The third-order valence-corrected chi connectivity index (χ3v) is 5.43. The van der Waals surface area contributed by atoms with Gasteiger partial charge in [-0.3, -0.25) is 0 Å². The van der Waals surface area contributed by atoms with Crippen molar-refractivity contribution in [3.8, 4) is 22.8 Å². The highest BCUT2D eigenvalue weighted by Crippen LogP contribution is 2.27. The Morgan fingerprint density at radius 1 is 1.06 bits per heavy atom. The van der Waals surface area contributed by atoms with Crippen LogP contribution < -0.4 is 9.64 Å². The van der Waals surface area contributed by atoms with Crippen LogP contribution in [0, 0.1) is 0 Å². The van der Waals surface area contributed by atoms with E-state index in [4.69, 9.17) is 19.2 Å². The topological polar surface area (TPSA) is 104 Å². The lowest BCUT2D eigenvalue weighted by molar-refractivity contribution is 0.0600. The first-order valence-electron chi connectivity index (χ1n) is 10.4. The van der Waals surface area contributed by atoms with E-state index in [0.29, 0.717) is 54.7 Å². The van der Waals surface area contributed by atoms with E-state index in [1.54, 1.807) is 24.1 Å². The fourth-order valence-electron chi connectivity index (χ4n) is 3.70. The molecule has 33 heavy (non-hydrogen) atoms. The van der Waals surface area contributed by atoms with Crippen LogP contribution in [-0.2, 0) is 9.47 Å². The molecule has 1 fully saturated rings. The largest absolute Gasteiger partial charge is 0.497 e. The highest BCUT2D eigenvalue weighted by Gasteiger charge is 2.21. The van der Waals surface area contributed by atoms with E-state index in [0.717, 1.165) is 16.9 Å². The maximum Gasteiger partial charge on any atom is 0.339 e. The predicted molar refractivity (Wildman–Crippen MR) is 121 cm³/mol. The molecular weight excluding hydrogens is 424 g/mol. The number of esters is 1. The van der Waals surface area contributed by atoms with E-state index in [9.17, 15) is 4.79 Å². The van der Waals surface area contributed by atoms with Gasteiger partial charge in [-0.15, -0.1) is 0 Å². The monoisotopic (exact) mass is 446 g/mol. The number of rotatable bonds is 5. The minimum absolute atomic E-state index is 0.320. The molecule has 1 aliphatic rings. The Kier molecular flexibility index (Phi) is 5.57. The molecule has 0 amide bonds. The highest BCUT2D eigenvalue weighted by atomic mass is 16.5. The molecule has 10 heteroatoms. The van der Waals surface area contributed by atoms with E-state index in [2.05, 4.69) is 20.0 Å². The molecule has 0 saturated carbocycles. The lowest BCUT2D eigenvalue weighted by atomic mass is 10.1. The van der Waals surface area contributed by atoms with Gasteiger partial charge in [0.15, 0.2) is 5.82 Å². The fourth-order valence-corrected chi connectivity index (χ4v) is 3.70. The van der Waals surface area contributed by atoms with E-state index in [1.165, 1.54) is 13.3 Å². The van der Waals surface area contributed by atoms with Crippen molar-refractivity contribution in [2.45, 2.75) is 0 Å². The highest BCUT2D eigenvalue weighted by molar-refractivity contribution is 5.95. The number of carbonyl (C=O) groups excluding carboxylic acids is 1. The van der Waals surface area contributed by atoms with Crippen molar-refractivity contribution in [3.63, 3.8) is 0 Å². The third-order valence-electron chi connectivity index (χ3n) is 5.43. The summed E-state index contributed by atoms with van der Waals surface area (Å²) in [5.74, 6) is 1.34. The van der Waals surface area contributed by atoms with Gasteiger partial charge in [-0.2, -0.15) is 10.1 Å². The molecule has 3 aromatic heterocycles. The Bertz CT molecular complexity index is 1320. The van der Waals surface area contributed by atoms with E-state index in [1.807, 2.05) is 30.5 Å². The summed E-state index contributed by atoms with van der Waals surface area (Å²) in [7, 11) is 2.97. The zero-order valence-electron chi connectivity index (χ0n) is 18.3. The summed E-state index contributed by atoms with van der Waals surface area (Å²) >= 11 is 0. The second kappa shape index (κ2) is 8.83. The minimum atomic E-state index is -0.475. The van der Waals surface area contributed by atoms with Crippen molar-refractivity contribution in [2.75, 3.05) is 45.4 Å². The SMILES string of the molecule is COC(=O)c1cnc2c(N3CCOCC3)nc(-n3cc(-c4cccc(OC)c4)cn3)nc2c1. The van der Waals surface area contributed by atoms with Crippen LogP contribution in [0.3, 0.4) is 0 Å². The molecule has 0 radical (unpaired) electrons. The van der Waals surface area contributed by atoms with Crippen LogP contribution in [0.25, 0.3) is 28.1 Å². The number of hydrogen-bond acceptors (Lipinski definition) is 9. The van der Waals surface area contributed by atoms with Crippen LogP contribution >= 0.6 is 0 Å². The van der Waals surface area contributed by atoms with Crippen molar-refractivity contribution < 1.29 is 19.0 Å². The fraction of sp³-hybridized carbons (Fsp3) is 0.261. The van der Waals surface area contributed by atoms with Gasteiger partial charge in [-0.1, -0.05) is 12.1 Å². The number of methoxy groups -OCH3 is 2. The maximum atomic E-state index is 12.1. The Hall–Kier alpha value is -4.05. The standard InChI is InChI=1S/C23H22N6O4/c1-31-18-5-3-4-15(10-18)17-13-25-29(14-17)23-26-19-11-16(22(30)32-2)12-24-20(19)21(27-23)28-6-8-33-9-7-28/h3-5,10-14H,6-9H2,1-2H3. The predicted octanol–water partition coefficient (Wildman–Crippen LogP) is 2.51. The molecule has 0 N–H and O–H groups in total. The van der Waals surface area contributed by atoms with Crippen molar-refractivity contribution in [1.82, 2.24) is 24.7 Å². The summed E-state index contributed by atoms with van der Waals surface area (Å²) in [6.07, 6.45) is 5.09. The Balaban J connectivity index is 1.61. The van der Waals surface area contributed by atoms with Gasteiger partial charge < -0.3 is 19.1 Å². The van der Waals surface area contributed by atoms with Crippen LogP contribution in [0.1, 0.15) is 10.4 Å². The number of hydrogen-bond donors (Lipinski definition) is 0. The number of aromatic nitrogens is 5. The van der Waals surface area contributed by atoms with Gasteiger partial charge in [0, 0.05) is 31.0 Å². The molecule has 0 aliphatic carbocycles. The van der Waals surface area contributed by atoms with E-state index >= 15 is 0 Å². The van der Waals surface area contributed by atoms with Crippen LogP contribution in [0.5, 0.6) is 5.75 Å². The maximum absolute atomic E-state index is 12.1. The van der Waals surface area contributed by atoms with Gasteiger partial charge in [0.05, 0.1) is 44.7 Å². The number of carbonyl (C=O) groups is 1. The summed E-state index contributed by atoms with van der Waals surface area (Å²) in [5.41, 5.74) is 3.31. The van der Waals surface area contributed by atoms with Crippen molar-refractivity contribution >= 4 is 22.8 Å². The number of ether oxygens (including phenoxy) is 3. The smallest absolute Gasteiger partial charge is 0.339 e. The molecule has 5 rings (SSSR count). The minimum Gasteiger partial charge on any atom is -0.497 e. The number of fused-ring (bicyclic) bond motifs is 1. The lowest BCUT2D eigenvalue weighted by Gasteiger charge is -2.28. The first kappa shape index (κ1) is 20.8. The third kappa shape index (κ3) is 4.08. The Labute approximate surface area is 189 Å². The average Bonchev–Trinajstić information content (AvgIpc) is 3.38. The molecule has 0 unspecified atom stereocenters. The molecule has 1 aliphatic heterocycles. The molecular formula is C23H22N6O4. The zero-order valence-corrected chi connectivity index (χ0v) is 18.3. The van der Waals surface area contributed by atoms with E-state index < -0.39 is 5.97 Å². The van der Waals surface area contributed by atoms with Crippen molar-refractivity contribution in [2.24, 2.45) is 0 Å². The molecule has 4 heterocycles. The summed E-state index contributed by atoms with van der Waals surface area (Å²) in [5, 5.41) is 4.48. The quantitative estimate of drug-likeness (QED) is 0.428. The number of pyridine rings is 1. The molecule has 4 aromatic rings. The Morgan fingerprint density at radius 3 is 2.70 bits per heavy atom. The first-order valence-corrected chi connectivity index (χ1v) is 10.4. The van der Waals surface area contributed by atoms with Crippen molar-refractivity contribution in [1.29, 1.82) is 0 Å². The second-order valence-corrected chi connectivity index (χ2v) is 7.44. The average molecular weight is 446 g/mol. The van der Waals surface area contributed by atoms with Gasteiger partial charge in [-0.05, 0) is 23.8 Å². The van der Waals surface area contributed by atoms with Crippen molar-refractivity contribution in [3.05, 3.63) is 54.5 Å². The normalized spacial score (nSPS) is 13.8. The molecule has 1 saturated heterocycles. The zero-order chi connectivity index (χ0) is 22.8. The lowest BCUT2D eigenvalue weighted by Crippen LogP contribution is -2.37. The molecule has 168 valence electrons. The van der Waals surface area contributed by atoms with Gasteiger partial charge in [0.1, 0.15) is 11.3 Å². The molecule has 0 spiro atoms. The van der Waals surface area contributed by atoms with Gasteiger partial charge >= 0.3 is 5.97 Å². The summed E-state index contributed by atoms with van der Waals surface area (Å²) in [6, 6.07) is 9.40. The number of nitrogens with zero attached hydrogens (tertiary/aromatic N) is 6. The van der Waals surface area contributed by atoms with Gasteiger partial charge in [0.25, 0.3) is 5.95 Å². The first-order chi connectivity index (χ1) is 16.2.